The molecule has 0 bridgehead atoms. The number of benzene rings is 10. The molecule has 69 heavy (non-hydrogen) atoms. The van der Waals surface area contributed by atoms with Crippen molar-refractivity contribution >= 4 is 153 Å². The number of furan rings is 2. The zero-order valence-electron chi connectivity index (χ0n) is 36.5. The van der Waals surface area contributed by atoms with Gasteiger partial charge in [0.2, 0.25) is 0 Å². The van der Waals surface area contributed by atoms with E-state index in [4.69, 9.17) is 29.0 Å². The minimum atomic E-state index is 0.439. The van der Waals surface area contributed by atoms with Gasteiger partial charge >= 0.3 is 0 Å². The molecule has 0 amide bonds. The molecule has 0 fully saturated rings. The zero-order valence-corrected chi connectivity index (χ0v) is 37.4. The topological polar surface area (TPSA) is 84.3 Å². The highest BCUT2D eigenvalue weighted by molar-refractivity contribution is 7.25. The Bertz CT molecular complexity index is 4320. The largest absolute Gasteiger partial charge is 0.456 e. The molecule has 5 aromatic heterocycles. The second-order valence-electron chi connectivity index (χ2n) is 17.6. The highest BCUT2D eigenvalue weighted by Crippen LogP contribution is 2.43. The summed E-state index contributed by atoms with van der Waals surface area (Å²) >= 11 is 1.51. The molecule has 15 rings (SSSR count). The molecule has 0 spiro atoms. The van der Waals surface area contributed by atoms with E-state index in [0.717, 1.165) is 104 Å². The molecule has 0 radical (unpaired) electrons. The molecule has 0 aliphatic rings. The number of thiophene rings is 1. The van der Waals surface area contributed by atoms with Gasteiger partial charge in [-0.05, 0) is 140 Å². The number of rotatable bonds is 6. The first kappa shape index (κ1) is 38.0. The Labute approximate surface area is 396 Å². The maximum atomic E-state index is 6.43. The van der Waals surface area contributed by atoms with E-state index >= 15 is 0 Å². The Hall–Kier alpha value is -9.18. The van der Waals surface area contributed by atoms with Crippen LogP contribution in [0.15, 0.2) is 215 Å². The molecule has 0 atom stereocenters. The molecule has 0 unspecified atom stereocenters. The maximum Gasteiger partial charge on any atom is 0.255 e. The van der Waals surface area contributed by atoms with Crippen LogP contribution in [0.2, 0.25) is 0 Å². The van der Waals surface area contributed by atoms with Gasteiger partial charge < -0.3 is 8.83 Å². The maximum absolute atomic E-state index is 6.43. The first-order chi connectivity index (χ1) is 34.1. The first-order valence-corrected chi connectivity index (χ1v) is 23.7. The number of para-hydroxylation sites is 2. The summed E-state index contributed by atoms with van der Waals surface area (Å²) in [6, 6.07) is 72.2. The molecule has 5 heterocycles. The molecule has 0 aliphatic heterocycles. The quantitative estimate of drug-likeness (QED) is 0.153. The Morgan fingerprint density at radius 1 is 0.319 bits per heavy atom. The van der Waals surface area contributed by atoms with Gasteiger partial charge in [-0.2, -0.15) is 4.98 Å². The molecule has 0 N–H and O–H groups in total. The summed E-state index contributed by atoms with van der Waals surface area (Å²) in [4.78, 5) is 16.5. The number of anilines is 6. The van der Waals surface area contributed by atoms with Crippen molar-refractivity contribution in [3.63, 3.8) is 0 Å². The summed E-state index contributed by atoms with van der Waals surface area (Å²) in [5, 5.41) is 24.3. The van der Waals surface area contributed by atoms with Gasteiger partial charge in [-0.15, -0.1) is 10.2 Å². The van der Waals surface area contributed by atoms with Gasteiger partial charge in [-0.3, -0.25) is 9.80 Å². The number of hydrogen-bond donors (Lipinski definition) is 0. The van der Waals surface area contributed by atoms with E-state index in [1.54, 1.807) is 0 Å². The van der Waals surface area contributed by atoms with Crippen LogP contribution in [0.25, 0.3) is 108 Å². The second kappa shape index (κ2) is 14.7. The van der Waals surface area contributed by atoms with E-state index < -0.39 is 0 Å². The van der Waals surface area contributed by atoms with Crippen molar-refractivity contribution < 1.29 is 8.83 Å². The summed E-state index contributed by atoms with van der Waals surface area (Å²) in [7, 11) is 0. The van der Waals surface area contributed by atoms with Gasteiger partial charge in [0, 0.05) is 50.4 Å². The van der Waals surface area contributed by atoms with Gasteiger partial charge in [-0.1, -0.05) is 108 Å². The summed E-state index contributed by atoms with van der Waals surface area (Å²) in [6.45, 7) is 0. The van der Waals surface area contributed by atoms with E-state index in [9.17, 15) is 0 Å². The molecule has 8 nitrogen and oxygen atoms in total. The summed E-state index contributed by atoms with van der Waals surface area (Å²) in [6.07, 6.45) is 0. The number of pyridine rings is 1. The monoisotopic (exact) mass is 902 g/mol. The van der Waals surface area contributed by atoms with Gasteiger partial charge in [-0.25, -0.2) is 4.98 Å². The Kier molecular flexibility index (Phi) is 8.07. The van der Waals surface area contributed by atoms with Crippen LogP contribution in [0.4, 0.5) is 34.5 Å². The minimum absolute atomic E-state index is 0.439. The molecule has 0 saturated heterocycles. The molecule has 10 aromatic carbocycles. The third-order valence-electron chi connectivity index (χ3n) is 13.5. The van der Waals surface area contributed by atoms with Gasteiger partial charge in [0.25, 0.3) is 5.95 Å². The summed E-state index contributed by atoms with van der Waals surface area (Å²) in [5.41, 5.74) is 7.63. The van der Waals surface area contributed by atoms with Crippen LogP contribution in [0.3, 0.4) is 0 Å². The standard InChI is InChI=1S/C60H34N6O2S/c1-3-11-37-29-41-31-43(19-17-39(41)27-35(37)9-1)65(45-21-23-49-47-13-5-7-15-52(47)67-54(49)33-45)56-26-25-51-57-59(69-58(51)61-56)62-60(64-63-57)66(46-22-24-50-48-14-6-8-16-53(48)68-55(50)34-46)44-20-18-40-28-36-10-2-4-12-38(36)30-42(40)32-44/h1-34H. The molecular formula is C60H34N6O2S. The zero-order chi connectivity index (χ0) is 45.2. The van der Waals surface area contributed by atoms with Crippen LogP contribution >= 0.6 is 11.3 Å². The van der Waals surface area contributed by atoms with Crippen LogP contribution < -0.4 is 9.80 Å². The molecule has 9 heteroatoms. The lowest BCUT2D eigenvalue weighted by Gasteiger charge is -2.24. The predicted molar refractivity (Wildman–Crippen MR) is 284 cm³/mol. The van der Waals surface area contributed by atoms with Crippen LogP contribution in [0.1, 0.15) is 0 Å². The van der Waals surface area contributed by atoms with Gasteiger partial charge in [0.15, 0.2) is 4.83 Å². The molecule has 0 saturated carbocycles. The molecule has 322 valence electrons. The Morgan fingerprint density at radius 3 is 1.36 bits per heavy atom. The van der Waals surface area contributed by atoms with Crippen molar-refractivity contribution in [2.45, 2.75) is 0 Å². The second-order valence-corrected chi connectivity index (χ2v) is 18.6. The fraction of sp³-hybridized carbons (Fsp3) is 0. The first-order valence-electron chi connectivity index (χ1n) is 22.8. The lowest BCUT2D eigenvalue weighted by Crippen LogP contribution is -2.14. The summed E-state index contributed by atoms with van der Waals surface area (Å²) < 4.78 is 12.8. The van der Waals surface area contributed by atoms with E-state index in [-0.39, 0.29) is 0 Å². The average molecular weight is 903 g/mol. The Morgan fingerprint density at radius 2 is 0.768 bits per heavy atom. The van der Waals surface area contributed by atoms with Crippen LogP contribution in [0.5, 0.6) is 0 Å². The minimum Gasteiger partial charge on any atom is -0.456 e. The number of aromatic nitrogens is 4. The third-order valence-corrected chi connectivity index (χ3v) is 14.5. The fourth-order valence-corrected chi connectivity index (χ4v) is 11.1. The molecule has 0 aliphatic carbocycles. The molecule has 15 aromatic rings. The predicted octanol–water partition coefficient (Wildman–Crippen LogP) is 17.0. The van der Waals surface area contributed by atoms with Crippen molar-refractivity contribution in [3.8, 4) is 0 Å². The van der Waals surface area contributed by atoms with Crippen molar-refractivity contribution in [2.75, 3.05) is 9.80 Å². The van der Waals surface area contributed by atoms with Crippen LogP contribution in [0, 0.1) is 0 Å². The Balaban J connectivity index is 0.887. The van der Waals surface area contributed by atoms with E-state index in [0.29, 0.717) is 11.5 Å². The highest BCUT2D eigenvalue weighted by atomic mass is 32.1. The third kappa shape index (κ3) is 6.07. The van der Waals surface area contributed by atoms with Gasteiger partial charge in [0.1, 0.15) is 38.5 Å². The van der Waals surface area contributed by atoms with Crippen LogP contribution in [-0.4, -0.2) is 20.2 Å². The number of hydrogen-bond acceptors (Lipinski definition) is 9. The summed E-state index contributed by atoms with van der Waals surface area (Å²) in [5.74, 6) is 1.19. The fourth-order valence-electron chi connectivity index (χ4n) is 10.2. The van der Waals surface area contributed by atoms with Crippen molar-refractivity contribution in [2.24, 2.45) is 0 Å². The lowest BCUT2D eigenvalue weighted by atomic mass is 10.0. The highest BCUT2D eigenvalue weighted by Gasteiger charge is 2.23. The van der Waals surface area contributed by atoms with E-state index in [2.05, 4.69) is 180 Å². The number of fused-ring (bicyclic) bond motifs is 13. The average Bonchev–Trinajstić information content (AvgIpc) is 4.08. The number of nitrogens with zero attached hydrogens (tertiary/aromatic N) is 6. The SMILES string of the molecule is c1ccc2cc3cc(N(c4ccc5c(c4)oc4ccccc45)c4ccc5c(n4)sc4nc(N(c6ccc7cc8ccccc8cc7c6)c6ccc7c(c6)oc6ccccc67)nnc45)ccc3cc2c1. The lowest BCUT2D eigenvalue weighted by molar-refractivity contribution is 0.668. The van der Waals surface area contributed by atoms with E-state index in [1.807, 2.05) is 36.4 Å². The smallest absolute Gasteiger partial charge is 0.255 e. The van der Waals surface area contributed by atoms with Crippen molar-refractivity contribution in [1.82, 2.24) is 20.2 Å². The van der Waals surface area contributed by atoms with Gasteiger partial charge in [0.05, 0.1) is 11.4 Å². The molecular weight excluding hydrogens is 869 g/mol. The van der Waals surface area contributed by atoms with Crippen molar-refractivity contribution in [1.29, 1.82) is 0 Å². The van der Waals surface area contributed by atoms with E-state index in [1.165, 1.54) is 38.3 Å². The van der Waals surface area contributed by atoms with Crippen molar-refractivity contribution in [3.05, 3.63) is 206 Å². The normalized spacial score (nSPS) is 12.1. The van der Waals surface area contributed by atoms with Crippen LogP contribution in [-0.2, 0) is 0 Å².